The van der Waals surface area contributed by atoms with Gasteiger partial charge in [-0.25, -0.2) is 0 Å². The first-order chi connectivity index (χ1) is 16.3. The summed E-state index contributed by atoms with van der Waals surface area (Å²) in [5.41, 5.74) is 3.21. The van der Waals surface area contributed by atoms with E-state index in [1.54, 1.807) is 42.5 Å². The topological polar surface area (TPSA) is 90.3 Å². The van der Waals surface area contributed by atoms with Gasteiger partial charge >= 0.3 is 0 Å². The highest BCUT2D eigenvalue weighted by molar-refractivity contribution is 6.51. The second-order valence-corrected chi connectivity index (χ2v) is 8.55. The number of phenols is 1. The van der Waals surface area contributed by atoms with Crippen molar-refractivity contribution in [2.45, 2.75) is 13.0 Å². The number of ketones is 1. The SMILES string of the molecule is Cc1ccc(N2C(=O)C(=O)/C(=C(\O)c3ccc4c(c3)N(C)CCO4)C2c2cccc(O)c2)cc1. The summed E-state index contributed by atoms with van der Waals surface area (Å²) in [5, 5.41) is 21.5. The summed E-state index contributed by atoms with van der Waals surface area (Å²) in [7, 11) is 1.92. The fourth-order valence-electron chi connectivity index (χ4n) is 4.47. The lowest BCUT2D eigenvalue weighted by Crippen LogP contribution is -2.29. The molecule has 1 amide bonds. The molecule has 2 N–H and O–H groups in total. The first kappa shape index (κ1) is 21.6. The Morgan fingerprint density at radius 2 is 1.79 bits per heavy atom. The van der Waals surface area contributed by atoms with Crippen LogP contribution in [0, 0.1) is 6.92 Å². The van der Waals surface area contributed by atoms with Gasteiger partial charge in [0.05, 0.1) is 23.8 Å². The van der Waals surface area contributed by atoms with Crippen molar-refractivity contribution in [2.75, 3.05) is 30.0 Å². The number of likely N-dealkylation sites (N-methyl/N-ethyl adjacent to an activating group) is 1. The monoisotopic (exact) mass is 456 g/mol. The van der Waals surface area contributed by atoms with E-state index in [2.05, 4.69) is 0 Å². The number of carbonyl (C=O) groups is 2. The molecule has 0 aliphatic carbocycles. The molecule has 172 valence electrons. The van der Waals surface area contributed by atoms with Crippen molar-refractivity contribution in [1.82, 2.24) is 0 Å². The zero-order valence-electron chi connectivity index (χ0n) is 18.9. The van der Waals surface area contributed by atoms with Crippen LogP contribution in [0.1, 0.15) is 22.7 Å². The molecule has 2 aliphatic rings. The number of nitrogens with zero attached hydrogens (tertiary/aromatic N) is 2. The maximum atomic E-state index is 13.3. The molecule has 0 bridgehead atoms. The number of aryl methyl sites for hydroxylation is 1. The average Bonchev–Trinajstić information content (AvgIpc) is 3.10. The van der Waals surface area contributed by atoms with Gasteiger partial charge in [-0.05, 0) is 55.0 Å². The predicted molar refractivity (Wildman–Crippen MR) is 129 cm³/mol. The Morgan fingerprint density at radius 3 is 2.53 bits per heavy atom. The number of phenolic OH excluding ortho intramolecular Hbond substituents is 1. The van der Waals surface area contributed by atoms with Gasteiger partial charge in [-0.15, -0.1) is 0 Å². The van der Waals surface area contributed by atoms with Gasteiger partial charge < -0.3 is 19.8 Å². The molecule has 3 aromatic carbocycles. The van der Waals surface area contributed by atoms with Gasteiger partial charge in [0.15, 0.2) is 0 Å². The normalized spacial score (nSPS) is 19.2. The number of aliphatic hydroxyl groups is 1. The number of amides is 1. The van der Waals surface area contributed by atoms with E-state index in [0.717, 1.165) is 11.3 Å². The summed E-state index contributed by atoms with van der Waals surface area (Å²) in [6.07, 6.45) is 0. The van der Waals surface area contributed by atoms with Gasteiger partial charge in [0.1, 0.15) is 23.9 Å². The zero-order valence-corrected chi connectivity index (χ0v) is 18.9. The fraction of sp³-hybridized carbons (Fsp3) is 0.185. The Morgan fingerprint density at radius 1 is 1.03 bits per heavy atom. The molecule has 2 aliphatic heterocycles. The number of hydrogen-bond donors (Lipinski definition) is 2. The summed E-state index contributed by atoms with van der Waals surface area (Å²) in [4.78, 5) is 29.9. The molecule has 1 unspecified atom stereocenters. The molecule has 0 aromatic heterocycles. The Labute approximate surface area is 197 Å². The fourth-order valence-corrected chi connectivity index (χ4v) is 4.47. The Balaban J connectivity index is 1.70. The van der Waals surface area contributed by atoms with Gasteiger partial charge in [0.2, 0.25) is 0 Å². The molecule has 1 fully saturated rings. The van der Waals surface area contributed by atoms with Crippen LogP contribution < -0.4 is 14.5 Å². The van der Waals surface area contributed by atoms with Crippen molar-refractivity contribution in [3.05, 3.63) is 89.0 Å². The summed E-state index contributed by atoms with van der Waals surface area (Å²) >= 11 is 0. The molecule has 5 rings (SSSR count). The Bertz CT molecular complexity index is 1330. The summed E-state index contributed by atoms with van der Waals surface area (Å²) in [5.74, 6) is -1.11. The zero-order chi connectivity index (χ0) is 24.0. The second-order valence-electron chi connectivity index (χ2n) is 8.55. The molecule has 1 saturated heterocycles. The van der Waals surface area contributed by atoms with E-state index in [-0.39, 0.29) is 17.1 Å². The van der Waals surface area contributed by atoms with Crippen LogP contribution in [0.3, 0.4) is 0 Å². The van der Waals surface area contributed by atoms with Crippen molar-refractivity contribution >= 4 is 28.8 Å². The molecule has 7 heteroatoms. The van der Waals surface area contributed by atoms with Crippen LogP contribution in [0.4, 0.5) is 11.4 Å². The Hall–Kier alpha value is -4.26. The van der Waals surface area contributed by atoms with E-state index in [0.29, 0.717) is 35.7 Å². The van der Waals surface area contributed by atoms with E-state index in [9.17, 15) is 19.8 Å². The van der Waals surface area contributed by atoms with Gasteiger partial charge in [-0.2, -0.15) is 0 Å². The predicted octanol–water partition coefficient (Wildman–Crippen LogP) is 4.16. The molecule has 0 saturated carbocycles. The molecule has 0 radical (unpaired) electrons. The smallest absolute Gasteiger partial charge is 0.300 e. The van der Waals surface area contributed by atoms with Crippen LogP contribution in [0.5, 0.6) is 11.5 Å². The number of benzene rings is 3. The highest BCUT2D eigenvalue weighted by atomic mass is 16.5. The minimum Gasteiger partial charge on any atom is -0.508 e. The molecule has 2 heterocycles. The largest absolute Gasteiger partial charge is 0.508 e. The third-order valence-corrected chi connectivity index (χ3v) is 6.27. The van der Waals surface area contributed by atoms with E-state index < -0.39 is 17.7 Å². The molecule has 1 atom stereocenters. The van der Waals surface area contributed by atoms with Crippen LogP contribution in [0.25, 0.3) is 5.76 Å². The number of carbonyl (C=O) groups excluding carboxylic acids is 2. The lowest BCUT2D eigenvalue weighted by Gasteiger charge is -2.28. The van der Waals surface area contributed by atoms with Gasteiger partial charge in [-0.3, -0.25) is 14.5 Å². The molecule has 34 heavy (non-hydrogen) atoms. The maximum Gasteiger partial charge on any atom is 0.300 e. The second kappa shape index (κ2) is 8.26. The maximum absolute atomic E-state index is 13.3. The number of Topliss-reactive ketones (excluding diaryl/α,β-unsaturated/α-hetero) is 1. The highest BCUT2D eigenvalue weighted by Crippen LogP contribution is 2.43. The number of anilines is 2. The number of fused-ring (bicyclic) bond motifs is 1. The number of aliphatic hydroxyl groups excluding tert-OH is 1. The standard InChI is InChI=1S/C27H24N2O5/c1-16-6-9-19(10-7-16)29-24(17-4-3-5-20(30)14-17)23(26(32)27(29)33)25(31)18-8-11-22-21(15-18)28(2)12-13-34-22/h3-11,14-15,24,30-31H,12-13H2,1-2H3/b25-23-. The molecule has 3 aromatic rings. The first-order valence-corrected chi connectivity index (χ1v) is 11.0. The quantitative estimate of drug-likeness (QED) is 0.350. The molecule has 0 spiro atoms. The molecule has 7 nitrogen and oxygen atoms in total. The van der Waals surface area contributed by atoms with Crippen LogP contribution in [0.15, 0.2) is 72.3 Å². The van der Waals surface area contributed by atoms with Gasteiger partial charge in [0.25, 0.3) is 11.7 Å². The van der Waals surface area contributed by atoms with E-state index >= 15 is 0 Å². The van der Waals surface area contributed by atoms with Crippen molar-refractivity contribution in [3.8, 4) is 11.5 Å². The first-order valence-electron chi connectivity index (χ1n) is 11.0. The number of rotatable bonds is 3. The molecular formula is C27H24N2O5. The summed E-state index contributed by atoms with van der Waals surface area (Å²) in [6.45, 7) is 3.19. The van der Waals surface area contributed by atoms with Crippen LogP contribution in [0.2, 0.25) is 0 Å². The number of aromatic hydroxyl groups is 1. The van der Waals surface area contributed by atoms with Crippen molar-refractivity contribution < 1.29 is 24.5 Å². The van der Waals surface area contributed by atoms with E-state index in [1.165, 1.54) is 17.0 Å². The van der Waals surface area contributed by atoms with Gasteiger partial charge in [-0.1, -0.05) is 29.8 Å². The lowest BCUT2D eigenvalue weighted by molar-refractivity contribution is -0.132. The van der Waals surface area contributed by atoms with E-state index in [1.807, 2.05) is 31.0 Å². The third kappa shape index (κ3) is 3.55. The van der Waals surface area contributed by atoms with Crippen LogP contribution >= 0.6 is 0 Å². The summed E-state index contributed by atoms with van der Waals surface area (Å²) < 4.78 is 5.68. The number of hydrogen-bond acceptors (Lipinski definition) is 6. The van der Waals surface area contributed by atoms with Gasteiger partial charge in [0, 0.05) is 18.3 Å². The van der Waals surface area contributed by atoms with Crippen LogP contribution in [-0.4, -0.2) is 42.1 Å². The van der Waals surface area contributed by atoms with Crippen LogP contribution in [-0.2, 0) is 9.59 Å². The minimum atomic E-state index is -0.903. The average molecular weight is 456 g/mol. The third-order valence-electron chi connectivity index (χ3n) is 6.27. The minimum absolute atomic E-state index is 0.000418. The molecular weight excluding hydrogens is 432 g/mol. The number of ether oxygens (including phenoxy) is 1. The van der Waals surface area contributed by atoms with Crippen molar-refractivity contribution in [3.63, 3.8) is 0 Å². The summed E-state index contributed by atoms with van der Waals surface area (Å²) in [6, 6.07) is 17.9. The van der Waals surface area contributed by atoms with Crippen molar-refractivity contribution in [2.24, 2.45) is 0 Å². The lowest BCUT2D eigenvalue weighted by atomic mass is 9.94. The highest BCUT2D eigenvalue weighted by Gasteiger charge is 2.47. The Kier molecular flexibility index (Phi) is 5.24. The van der Waals surface area contributed by atoms with E-state index in [4.69, 9.17) is 4.74 Å². The van der Waals surface area contributed by atoms with Crippen molar-refractivity contribution in [1.29, 1.82) is 0 Å².